The average molecular weight is 513 g/mol. The van der Waals surface area contributed by atoms with Gasteiger partial charge in [-0.25, -0.2) is 23.5 Å². The molecule has 0 saturated carbocycles. The summed E-state index contributed by atoms with van der Waals surface area (Å²) in [5.41, 5.74) is 8.25. The summed E-state index contributed by atoms with van der Waals surface area (Å²) in [4.78, 5) is 33.7. The molecule has 0 spiro atoms. The standard InChI is InChI=1S/C25H26F2N6O4/c1-12-16(9-31-24-23(12)29-4-6-36-24)15-7-14-8-20(30-10-17(14)22(28)21(15)27)32-25(35)37-19-3-5-33(13(2)34)11-18(19)26/h7-10,18-19,29H,3-6,11,28H2,1-2H3,(H,30,32,35)/t18-,19+/m1/s1. The van der Waals surface area contributed by atoms with Gasteiger partial charge < -0.3 is 25.4 Å². The second-order valence-corrected chi connectivity index (χ2v) is 9.03. The molecule has 3 aromatic rings. The lowest BCUT2D eigenvalue weighted by Gasteiger charge is -2.33. The first-order valence-electron chi connectivity index (χ1n) is 11.8. The van der Waals surface area contributed by atoms with Crippen LogP contribution in [0.5, 0.6) is 5.88 Å². The first-order valence-corrected chi connectivity index (χ1v) is 11.8. The van der Waals surface area contributed by atoms with Gasteiger partial charge in [-0.2, -0.15) is 0 Å². The number of nitrogens with two attached hydrogens (primary N) is 1. The minimum atomic E-state index is -1.49. The van der Waals surface area contributed by atoms with Crippen LogP contribution in [-0.2, 0) is 9.53 Å². The third kappa shape index (κ3) is 4.66. The van der Waals surface area contributed by atoms with Gasteiger partial charge in [-0.3, -0.25) is 10.1 Å². The van der Waals surface area contributed by atoms with Gasteiger partial charge in [-0.05, 0) is 30.0 Å². The highest BCUT2D eigenvalue weighted by Gasteiger charge is 2.33. The van der Waals surface area contributed by atoms with Crippen LogP contribution in [-0.4, -0.2) is 65.4 Å². The minimum absolute atomic E-state index is 0.0899. The van der Waals surface area contributed by atoms with Gasteiger partial charge in [0.15, 0.2) is 12.0 Å². The number of ether oxygens (including phenoxy) is 2. The number of halogens is 2. The van der Waals surface area contributed by atoms with Crippen LogP contribution in [0.3, 0.4) is 0 Å². The molecule has 12 heteroatoms. The monoisotopic (exact) mass is 512 g/mol. The highest BCUT2D eigenvalue weighted by atomic mass is 19.1. The van der Waals surface area contributed by atoms with E-state index in [1.54, 1.807) is 6.07 Å². The van der Waals surface area contributed by atoms with Gasteiger partial charge in [0.05, 0.1) is 12.2 Å². The van der Waals surface area contributed by atoms with Crippen molar-refractivity contribution in [1.82, 2.24) is 14.9 Å². The third-order valence-corrected chi connectivity index (χ3v) is 6.65. The van der Waals surface area contributed by atoms with Gasteiger partial charge in [-0.15, -0.1) is 0 Å². The number of hydrogen-bond donors (Lipinski definition) is 3. The quantitative estimate of drug-likeness (QED) is 0.454. The Balaban J connectivity index is 1.39. The number of carbonyl (C=O) groups excluding carboxylic acids is 2. The summed E-state index contributed by atoms with van der Waals surface area (Å²) in [5, 5.41) is 6.61. The van der Waals surface area contributed by atoms with Gasteiger partial charge in [0, 0.05) is 55.3 Å². The van der Waals surface area contributed by atoms with Crippen LogP contribution in [0.1, 0.15) is 18.9 Å². The molecule has 4 N–H and O–H groups in total. The van der Waals surface area contributed by atoms with Crippen molar-refractivity contribution in [2.75, 3.05) is 42.6 Å². The first kappa shape index (κ1) is 24.5. The van der Waals surface area contributed by atoms with Crippen LogP contribution in [0.2, 0.25) is 0 Å². The first-order chi connectivity index (χ1) is 17.7. The Hall–Kier alpha value is -4.22. The van der Waals surface area contributed by atoms with E-state index >= 15 is 4.39 Å². The Kier molecular flexibility index (Phi) is 6.40. The molecule has 2 amide bonds. The van der Waals surface area contributed by atoms with Crippen molar-refractivity contribution < 1.29 is 27.8 Å². The molecule has 0 aliphatic carbocycles. The summed E-state index contributed by atoms with van der Waals surface area (Å²) in [7, 11) is 0. The van der Waals surface area contributed by atoms with Crippen molar-refractivity contribution in [2.45, 2.75) is 32.5 Å². The maximum absolute atomic E-state index is 15.3. The molecule has 2 atom stereocenters. The Morgan fingerprint density at radius 1 is 1.27 bits per heavy atom. The van der Waals surface area contributed by atoms with Gasteiger partial charge >= 0.3 is 6.09 Å². The number of rotatable bonds is 3. The number of aromatic nitrogens is 2. The van der Waals surface area contributed by atoms with E-state index < -0.39 is 24.2 Å². The summed E-state index contributed by atoms with van der Waals surface area (Å²) < 4.78 is 40.5. The fourth-order valence-corrected chi connectivity index (χ4v) is 4.63. The molecule has 194 valence electrons. The van der Waals surface area contributed by atoms with E-state index in [4.69, 9.17) is 15.2 Å². The topological polar surface area (TPSA) is 132 Å². The van der Waals surface area contributed by atoms with E-state index in [-0.39, 0.29) is 35.9 Å². The largest absolute Gasteiger partial charge is 0.474 e. The van der Waals surface area contributed by atoms with Gasteiger partial charge in [0.2, 0.25) is 11.8 Å². The van der Waals surface area contributed by atoms with Gasteiger partial charge in [-0.1, -0.05) is 0 Å². The molecule has 5 rings (SSSR count). The molecule has 2 aliphatic heterocycles. The second kappa shape index (κ2) is 9.68. The third-order valence-electron chi connectivity index (χ3n) is 6.65. The molecule has 4 heterocycles. The fourth-order valence-electron chi connectivity index (χ4n) is 4.63. The summed E-state index contributed by atoms with van der Waals surface area (Å²) in [5.74, 6) is -0.256. The smallest absolute Gasteiger partial charge is 0.413 e. The molecule has 2 aliphatic rings. The van der Waals surface area contributed by atoms with Crippen molar-refractivity contribution in [1.29, 1.82) is 0 Å². The number of fused-ring (bicyclic) bond motifs is 2. The fraction of sp³-hybridized carbons (Fsp3) is 0.360. The Morgan fingerprint density at radius 3 is 2.84 bits per heavy atom. The summed E-state index contributed by atoms with van der Waals surface area (Å²) in [6.45, 7) is 4.47. The van der Waals surface area contributed by atoms with Crippen LogP contribution in [0.25, 0.3) is 21.9 Å². The number of nitrogen functional groups attached to an aromatic ring is 1. The maximum Gasteiger partial charge on any atom is 0.413 e. The molecule has 1 saturated heterocycles. The summed E-state index contributed by atoms with van der Waals surface area (Å²) >= 11 is 0. The molecule has 2 aromatic heterocycles. The SMILES string of the molecule is CC(=O)N1CC[C@H](OC(=O)Nc2cc3cc(-c4cnc5c(c4C)NCCO5)c(F)c(N)c3cn2)[C@H](F)C1. The molecule has 0 radical (unpaired) electrons. The highest BCUT2D eigenvalue weighted by molar-refractivity contribution is 5.99. The number of amides is 2. The average Bonchev–Trinajstić information content (AvgIpc) is 2.88. The Bertz CT molecular complexity index is 1400. The van der Waals surface area contributed by atoms with E-state index in [1.165, 1.54) is 30.3 Å². The van der Waals surface area contributed by atoms with Crippen molar-refractivity contribution in [3.63, 3.8) is 0 Å². The lowest BCUT2D eigenvalue weighted by molar-refractivity contribution is -0.133. The van der Waals surface area contributed by atoms with Crippen molar-refractivity contribution in [2.24, 2.45) is 0 Å². The number of nitrogens with one attached hydrogen (secondary N) is 2. The second-order valence-electron chi connectivity index (χ2n) is 9.03. The zero-order valence-corrected chi connectivity index (χ0v) is 20.3. The van der Waals surface area contributed by atoms with Crippen molar-refractivity contribution in [3.05, 3.63) is 35.9 Å². The van der Waals surface area contributed by atoms with Crippen LogP contribution >= 0.6 is 0 Å². The molecular formula is C25H26F2N6O4. The molecule has 1 aromatic carbocycles. The van der Waals surface area contributed by atoms with E-state index in [9.17, 15) is 14.0 Å². The number of likely N-dealkylation sites (tertiary alicyclic amines) is 1. The van der Waals surface area contributed by atoms with Gasteiger partial charge in [0.1, 0.15) is 24.2 Å². The number of piperidine rings is 1. The van der Waals surface area contributed by atoms with E-state index in [1.807, 2.05) is 6.92 Å². The Labute approximate surface area is 211 Å². The highest BCUT2D eigenvalue weighted by Crippen LogP contribution is 2.39. The minimum Gasteiger partial charge on any atom is -0.474 e. The van der Waals surface area contributed by atoms with Crippen LogP contribution in [0.4, 0.5) is 30.8 Å². The number of nitrogens with zero attached hydrogens (tertiary/aromatic N) is 3. The lowest BCUT2D eigenvalue weighted by Crippen LogP contribution is -2.48. The lowest BCUT2D eigenvalue weighted by atomic mass is 9.97. The van der Waals surface area contributed by atoms with Crippen molar-refractivity contribution in [3.8, 4) is 17.0 Å². The van der Waals surface area contributed by atoms with E-state index in [2.05, 4.69) is 20.6 Å². The zero-order chi connectivity index (χ0) is 26.3. The molecular weight excluding hydrogens is 486 g/mol. The van der Waals surface area contributed by atoms with Crippen LogP contribution in [0, 0.1) is 12.7 Å². The number of anilines is 3. The number of alkyl halides is 1. The normalized spacial score (nSPS) is 19.0. The predicted octanol–water partition coefficient (Wildman–Crippen LogP) is 3.64. The molecule has 0 bridgehead atoms. The van der Waals surface area contributed by atoms with Crippen LogP contribution in [0.15, 0.2) is 24.5 Å². The number of carbonyl (C=O) groups is 2. The zero-order valence-electron chi connectivity index (χ0n) is 20.3. The number of benzene rings is 1. The summed E-state index contributed by atoms with van der Waals surface area (Å²) in [6.07, 6.45) is -0.285. The molecule has 37 heavy (non-hydrogen) atoms. The molecule has 10 nitrogen and oxygen atoms in total. The number of pyridine rings is 2. The predicted molar refractivity (Wildman–Crippen MR) is 134 cm³/mol. The molecule has 0 unspecified atom stereocenters. The van der Waals surface area contributed by atoms with E-state index in [0.29, 0.717) is 47.6 Å². The van der Waals surface area contributed by atoms with Crippen molar-refractivity contribution >= 4 is 40.0 Å². The molecule has 1 fully saturated rings. The van der Waals surface area contributed by atoms with Gasteiger partial charge in [0.25, 0.3) is 0 Å². The van der Waals surface area contributed by atoms with E-state index in [0.717, 1.165) is 5.56 Å². The van der Waals surface area contributed by atoms with Crippen LogP contribution < -0.4 is 21.1 Å². The number of hydrogen-bond acceptors (Lipinski definition) is 8. The Morgan fingerprint density at radius 2 is 2.08 bits per heavy atom. The maximum atomic E-state index is 15.3. The summed E-state index contributed by atoms with van der Waals surface area (Å²) in [6, 6.07) is 3.14.